The Labute approximate surface area is 104 Å². The number of carbonyl (C=O) groups is 1. The highest BCUT2D eigenvalue weighted by molar-refractivity contribution is 7.10. The number of thiophene rings is 1. The van der Waals surface area contributed by atoms with Gasteiger partial charge in [0.1, 0.15) is 0 Å². The van der Waals surface area contributed by atoms with Crippen LogP contribution in [0.3, 0.4) is 0 Å². The molecule has 5 heteroatoms. The SMILES string of the molecule is CC(C)(C(=O)Nc1cnccn1)c1cccs1. The number of hydrogen-bond acceptors (Lipinski definition) is 4. The number of anilines is 1. The van der Waals surface area contributed by atoms with Crippen molar-refractivity contribution in [2.75, 3.05) is 5.32 Å². The first-order valence-corrected chi connectivity index (χ1v) is 6.10. The monoisotopic (exact) mass is 247 g/mol. The van der Waals surface area contributed by atoms with Crippen LogP contribution in [0, 0.1) is 0 Å². The molecule has 0 bridgehead atoms. The second-order valence-electron chi connectivity index (χ2n) is 4.15. The second kappa shape index (κ2) is 4.63. The lowest BCUT2D eigenvalue weighted by atomic mass is 9.90. The van der Waals surface area contributed by atoms with Gasteiger partial charge in [-0.1, -0.05) is 6.07 Å². The summed E-state index contributed by atoms with van der Waals surface area (Å²) in [6.07, 6.45) is 4.65. The van der Waals surface area contributed by atoms with Crippen molar-refractivity contribution in [3.05, 3.63) is 41.0 Å². The first-order valence-electron chi connectivity index (χ1n) is 5.22. The zero-order chi connectivity index (χ0) is 12.3. The lowest BCUT2D eigenvalue weighted by Crippen LogP contribution is -2.34. The summed E-state index contributed by atoms with van der Waals surface area (Å²) in [4.78, 5) is 21.1. The van der Waals surface area contributed by atoms with Gasteiger partial charge in [0.25, 0.3) is 0 Å². The molecule has 2 heterocycles. The summed E-state index contributed by atoms with van der Waals surface area (Å²) in [5.41, 5.74) is -0.564. The Kier molecular flexibility index (Phi) is 3.19. The summed E-state index contributed by atoms with van der Waals surface area (Å²) in [7, 11) is 0. The summed E-state index contributed by atoms with van der Waals surface area (Å²) < 4.78 is 0. The molecule has 0 radical (unpaired) electrons. The van der Waals surface area contributed by atoms with Gasteiger partial charge in [0, 0.05) is 17.3 Å². The third kappa shape index (κ3) is 2.50. The van der Waals surface area contributed by atoms with Gasteiger partial charge in [-0.2, -0.15) is 0 Å². The van der Waals surface area contributed by atoms with E-state index in [4.69, 9.17) is 0 Å². The number of hydrogen-bond donors (Lipinski definition) is 1. The van der Waals surface area contributed by atoms with E-state index in [1.54, 1.807) is 23.7 Å². The fourth-order valence-electron chi connectivity index (χ4n) is 1.38. The fourth-order valence-corrected chi connectivity index (χ4v) is 2.23. The van der Waals surface area contributed by atoms with Crippen molar-refractivity contribution in [1.29, 1.82) is 0 Å². The molecule has 0 fully saturated rings. The van der Waals surface area contributed by atoms with E-state index in [1.807, 2.05) is 31.4 Å². The minimum Gasteiger partial charge on any atom is -0.309 e. The largest absolute Gasteiger partial charge is 0.309 e. The van der Waals surface area contributed by atoms with Crippen molar-refractivity contribution >= 4 is 23.1 Å². The van der Waals surface area contributed by atoms with Crippen LogP contribution in [-0.4, -0.2) is 15.9 Å². The van der Waals surface area contributed by atoms with Gasteiger partial charge in [0.2, 0.25) is 5.91 Å². The third-order valence-electron chi connectivity index (χ3n) is 2.51. The zero-order valence-corrected chi connectivity index (χ0v) is 10.5. The van der Waals surface area contributed by atoms with Gasteiger partial charge in [-0.15, -0.1) is 11.3 Å². The summed E-state index contributed by atoms with van der Waals surface area (Å²) in [5, 5.41) is 4.73. The average Bonchev–Trinajstić information content (AvgIpc) is 2.84. The highest BCUT2D eigenvalue weighted by Gasteiger charge is 2.30. The highest BCUT2D eigenvalue weighted by atomic mass is 32.1. The Balaban J connectivity index is 2.16. The molecule has 1 N–H and O–H groups in total. The minimum absolute atomic E-state index is 0.0829. The van der Waals surface area contributed by atoms with Gasteiger partial charge in [-0.25, -0.2) is 4.98 Å². The van der Waals surface area contributed by atoms with E-state index in [0.717, 1.165) is 4.88 Å². The number of carbonyl (C=O) groups excluding carboxylic acids is 1. The smallest absolute Gasteiger partial charge is 0.236 e. The molecule has 0 atom stereocenters. The van der Waals surface area contributed by atoms with Crippen molar-refractivity contribution in [3.8, 4) is 0 Å². The molecule has 4 nitrogen and oxygen atoms in total. The highest BCUT2D eigenvalue weighted by Crippen LogP contribution is 2.28. The van der Waals surface area contributed by atoms with Crippen LogP contribution in [0.15, 0.2) is 36.1 Å². The fraction of sp³-hybridized carbons (Fsp3) is 0.250. The molecule has 0 aliphatic carbocycles. The topological polar surface area (TPSA) is 54.9 Å². The van der Waals surface area contributed by atoms with Crippen molar-refractivity contribution in [3.63, 3.8) is 0 Å². The third-order valence-corrected chi connectivity index (χ3v) is 3.70. The van der Waals surface area contributed by atoms with E-state index in [-0.39, 0.29) is 5.91 Å². The Morgan fingerprint density at radius 1 is 1.41 bits per heavy atom. The molecule has 2 aromatic heterocycles. The summed E-state index contributed by atoms with van der Waals surface area (Å²) in [6.45, 7) is 3.79. The lowest BCUT2D eigenvalue weighted by Gasteiger charge is -2.21. The standard InChI is InChI=1S/C12H13N3OS/c1-12(2,9-4-3-7-17-9)11(16)15-10-8-13-5-6-14-10/h3-8H,1-2H3,(H,14,15,16). The number of aromatic nitrogens is 2. The molecule has 0 saturated heterocycles. The van der Waals surface area contributed by atoms with Crippen LogP contribution >= 0.6 is 11.3 Å². The van der Waals surface area contributed by atoms with Crippen molar-refractivity contribution in [2.45, 2.75) is 19.3 Å². The summed E-state index contributed by atoms with van der Waals surface area (Å²) in [5.74, 6) is 0.391. The van der Waals surface area contributed by atoms with Crippen molar-refractivity contribution in [1.82, 2.24) is 9.97 Å². The van der Waals surface area contributed by atoms with Crippen LogP contribution in [0.5, 0.6) is 0 Å². The molecule has 2 rings (SSSR count). The number of amides is 1. The molecule has 0 unspecified atom stereocenters. The Morgan fingerprint density at radius 2 is 2.24 bits per heavy atom. The van der Waals surface area contributed by atoms with E-state index in [2.05, 4.69) is 15.3 Å². The summed E-state index contributed by atoms with van der Waals surface area (Å²) in [6, 6.07) is 3.90. The minimum atomic E-state index is -0.564. The summed E-state index contributed by atoms with van der Waals surface area (Å²) >= 11 is 1.57. The molecule has 0 spiro atoms. The Hall–Kier alpha value is -1.75. The van der Waals surface area contributed by atoms with E-state index in [1.165, 1.54) is 6.20 Å². The molecule has 1 amide bonds. The molecule has 0 saturated carbocycles. The quantitative estimate of drug-likeness (QED) is 0.906. The number of rotatable bonds is 3. The number of nitrogens with zero attached hydrogens (tertiary/aromatic N) is 2. The molecule has 17 heavy (non-hydrogen) atoms. The van der Waals surface area contributed by atoms with Crippen LogP contribution in [0.4, 0.5) is 5.82 Å². The molecular weight excluding hydrogens is 234 g/mol. The van der Waals surface area contributed by atoms with Crippen LogP contribution in [-0.2, 0) is 10.2 Å². The van der Waals surface area contributed by atoms with E-state index >= 15 is 0 Å². The first-order chi connectivity index (χ1) is 8.10. The number of nitrogens with one attached hydrogen (secondary N) is 1. The van der Waals surface area contributed by atoms with Crippen molar-refractivity contribution < 1.29 is 4.79 Å². The maximum atomic E-state index is 12.2. The molecular formula is C12H13N3OS. The maximum Gasteiger partial charge on any atom is 0.236 e. The van der Waals surface area contributed by atoms with E-state index < -0.39 is 5.41 Å². The lowest BCUT2D eigenvalue weighted by molar-refractivity contribution is -0.120. The molecule has 0 aliphatic heterocycles. The molecule has 0 aliphatic rings. The molecule has 0 aromatic carbocycles. The van der Waals surface area contributed by atoms with Gasteiger partial charge >= 0.3 is 0 Å². The van der Waals surface area contributed by atoms with Gasteiger partial charge in [0.05, 0.1) is 11.6 Å². The average molecular weight is 247 g/mol. The second-order valence-corrected chi connectivity index (χ2v) is 5.09. The van der Waals surface area contributed by atoms with Crippen LogP contribution in [0.2, 0.25) is 0 Å². The van der Waals surface area contributed by atoms with Crippen LogP contribution in [0.25, 0.3) is 0 Å². The maximum absolute atomic E-state index is 12.2. The van der Waals surface area contributed by atoms with Gasteiger partial charge in [-0.3, -0.25) is 9.78 Å². The normalized spacial score (nSPS) is 11.2. The predicted octanol–water partition coefficient (Wildman–Crippen LogP) is 2.45. The zero-order valence-electron chi connectivity index (χ0n) is 9.68. The van der Waals surface area contributed by atoms with Crippen molar-refractivity contribution in [2.24, 2.45) is 0 Å². The van der Waals surface area contributed by atoms with Crippen LogP contribution in [0.1, 0.15) is 18.7 Å². The van der Waals surface area contributed by atoms with Gasteiger partial charge < -0.3 is 5.32 Å². The Bertz CT molecular complexity index is 494. The van der Waals surface area contributed by atoms with E-state index in [0.29, 0.717) is 5.82 Å². The predicted molar refractivity (Wildman–Crippen MR) is 68.0 cm³/mol. The van der Waals surface area contributed by atoms with Crippen LogP contribution < -0.4 is 5.32 Å². The Morgan fingerprint density at radius 3 is 2.82 bits per heavy atom. The van der Waals surface area contributed by atoms with Gasteiger partial charge in [0.15, 0.2) is 5.82 Å². The van der Waals surface area contributed by atoms with E-state index in [9.17, 15) is 4.79 Å². The first kappa shape index (κ1) is 11.7. The van der Waals surface area contributed by atoms with Gasteiger partial charge in [-0.05, 0) is 25.3 Å². The molecule has 2 aromatic rings. The molecule has 88 valence electrons.